The molecule has 146 valence electrons. The maximum absolute atomic E-state index is 11.3. The Morgan fingerprint density at radius 3 is 2.58 bits per heavy atom. The van der Waals surface area contributed by atoms with Crippen LogP contribution in [-0.2, 0) is 19.0 Å². The predicted molar refractivity (Wildman–Crippen MR) is 93.2 cm³/mol. The zero-order valence-corrected chi connectivity index (χ0v) is 15.7. The number of aliphatic hydroxyl groups excluding tert-OH is 2. The molecule has 0 saturated carbocycles. The van der Waals surface area contributed by atoms with E-state index in [2.05, 4.69) is 5.32 Å². The Hall–Kier alpha value is -1.13. The van der Waals surface area contributed by atoms with E-state index in [1.807, 2.05) is 0 Å². The lowest BCUT2D eigenvalue weighted by Crippen LogP contribution is -2.64. The van der Waals surface area contributed by atoms with E-state index in [9.17, 15) is 15.0 Å². The van der Waals surface area contributed by atoms with Gasteiger partial charge >= 0.3 is 0 Å². The molecule has 1 aliphatic rings. The summed E-state index contributed by atoms with van der Waals surface area (Å²) < 4.78 is 21.5. The van der Waals surface area contributed by atoms with Crippen LogP contribution in [0.5, 0.6) is 5.75 Å². The highest BCUT2D eigenvalue weighted by Crippen LogP contribution is 2.27. The number of ether oxygens (including phenoxy) is 4. The van der Waals surface area contributed by atoms with E-state index in [1.165, 1.54) is 14.0 Å². The number of nitrogens with one attached hydrogen (secondary N) is 1. The van der Waals surface area contributed by atoms with Crippen molar-refractivity contribution >= 4 is 29.1 Å². The van der Waals surface area contributed by atoms with Crippen molar-refractivity contribution in [2.24, 2.45) is 0 Å². The molecule has 1 saturated heterocycles. The molecule has 5 atom stereocenters. The van der Waals surface area contributed by atoms with Crippen LogP contribution in [-0.4, -0.2) is 67.3 Å². The molecule has 5 unspecified atom stereocenters. The Bertz CT molecular complexity index is 618. The second-order valence-corrected chi connectivity index (χ2v) is 6.45. The first-order chi connectivity index (χ1) is 12.3. The molecule has 1 heterocycles. The van der Waals surface area contributed by atoms with Gasteiger partial charge in [0.05, 0.1) is 11.6 Å². The van der Waals surface area contributed by atoms with Crippen LogP contribution < -0.4 is 10.1 Å². The number of aliphatic hydroxyl groups is 2. The van der Waals surface area contributed by atoms with Crippen LogP contribution in [0.1, 0.15) is 6.92 Å². The summed E-state index contributed by atoms with van der Waals surface area (Å²) in [5, 5.41) is 23.5. The van der Waals surface area contributed by atoms with Gasteiger partial charge in [0.25, 0.3) is 0 Å². The molecule has 0 spiro atoms. The number of benzene rings is 1. The Kier molecular flexibility index (Phi) is 7.90. The molecule has 8 nitrogen and oxygen atoms in total. The van der Waals surface area contributed by atoms with Gasteiger partial charge in [0.2, 0.25) is 5.91 Å². The van der Waals surface area contributed by atoms with Gasteiger partial charge in [-0.15, -0.1) is 0 Å². The van der Waals surface area contributed by atoms with Gasteiger partial charge in [-0.05, 0) is 18.2 Å². The van der Waals surface area contributed by atoms with Gasteiger partial charge < -0.3 is 34.5 Å². The van der Waals surface area contributed by atoms with Gasteiger partial charge in [-0.25, -0.2) is 0 Å². The number of rotatable bonds is 7. The highest BCUT2D eigenvalue weighted by Gasteiger charge is 2.45. The van der Waals surface area contributed by atoms with Crippen LogP contribution in [0.25, 0.3) is 0 Å². The van der Waals surface area contributed by atoms with Gasteiger partial charge in [0.1, 0.15) is 30.6 Å². The number of hydrogen-bond acceptors (Lipinski definition) is 7. The lowest BCUT2D eigenvalue weighted by molar-refractivity contribution is -0.322. The molecule has 2 rings (SSSR count). The fourth-order valence-corrected chi connectivity index (χ4v) is 2.93. The monoisotopic (exact) mass is 409 g/mol. The minimum absolute atomic E-state index is 0.0684. The molecule has 3 N–H and O–H groups in total. The molecule has 0 radical (unpaired) electrons. The summed E-state index contributed by atoms with van der Waals surface area (Å²) in [6, 6.07) is 3.86. The fraction of sp³-hybridized carbons (Fsp3) is 0.562. The van der Waals surface area contributed by atoms with E-state index in [0.717, 1.165) is 0 Å². The van der Waals surface area contributed by atoms with Crippen molar-refractivity contribution in [2.45, 2.75) is 37.8 Å². The third-order valence-electron chi connectivity index (χ3n) is 3.68. The summed E-state index contributed by atoms with van der Waals surface area (Å²) in [4.78, 5) is 11.3. The number of hydrogen-bond donors (Lipinski definition) is 3. The molecule has 0 aromatic heterocycles. The number of methoxy groups -OCH3 is 1. The fourth-order valence-electron chi connectivity index (χ4n) is 2.47. The van der Waals surface area contributed by atoms with Gasteiger partial charge in [-0.1, -0.05) is 23.2 Å². The number of carbonyl (C=O) groups is 1. The molecule has 0 bridgehead atoms. The smallest absolute Gasteiger partial charge is 0.217 e. The average Bonchev–Trinajstić information content (AvgIpc) is 2.58. The maximum atomic E-state index is 11.3. The second kappa shape index (κ2) is 9.70. The second-order valence-electron chi connectivity index (χ2n) is 5.61. The lowest BCUT2D eigenvalue weighted by atomic mass is 10.0. The Morgan fingerprint density at radius 2 is 1.96 bits per heavy atom. The van der Waals surface area contributed by atoms with E-state index in [0.29, 0.717) is 15.8 Å². The molecular formula is C16H21Cl2NO7. The Morgan fingerprint density at radius 1 is 1.23 bits per heavy atom. The number of carbonyl (C=O) groups excluding carboxylic acids is 1. The van der Waals surface area contributed by atoms with Crippen LogP contribution >= 0.6 is 23.2 Å². The Labute approximate surface area is 160 Å². The van der Waals surface area contributed by atoms with Crippen molar-refractivity contribution in [2.75, 3.05) is 20.3 Å². The molecule has 1 amide bonds. The van der Waals surface area contributed by atoms with Gasteiger partial charge in [-0.2, -0.15) is 0 Å². The van der Waals surface area contributed by atoms with Crippen LogP contribution in [0.3, 0.4) is 0 Å². The summed E-state index contributed by atoms with van der Waals surface area (Å²) in [6.45, 7) is 1.48. The summed E-state index contributed by atoms with van der Waals surface area (Å²) in [7, 11) is 1.32. The minimum Gasteiger partial charge on any atom is -0.490 e. The Balaban J connectivity index is 1.92. The summed E-state index contributed by atoms with van der Waals surface area (Å²) in [6.07, 6.45) is -4.78. The van der Waals surface area contributed by atoms with E-state index >= 15 is 0 Å². The van der Waals surface area contributed by atoms with Crippen molar-refractivity contribution in [3.8, 4) is 5.75 Å². The van der Waals surface area contributed by atoms with Crippen molar-refractivity contribution < 1.29 is 34.0 Å². The van der Waals surface area contributed by atoms with Crippen LogP contribution in [0.2, 0.25) is 10.0 Å². The standard InChI is InChI=1S/C16H21Cl2NO7/c1-8(20)19-12-13(21)14(22)16(23-2)26-15(12)25-6-5-24-11-4-3-9(17)7-10(11)18/h3-4,7,12-16,21-22H,5-6H2,1-2H3,(H,19,20). The molecule has 1 aromatic rings. The van der Waals surface area contributed by atoms with Crippen molar-refractivity contribution in [3.05, 3.63) is 28.2 Å². The predicted octanol–water partition coefficient (Wildman–Crippen LogP) is 0.944. The van der Waals surface area contributed by atoms with E-state index in [4.69, 9.17) is 42.1 Å². The van der Waals surface area contributed by atoms with E-state index in [-0.39, 0.29) is 13.2 Å². The van der Waals surface area contributed by atoms with Crippen molar-refractivity contribution in [1.82, 2.24) is 5.32 Å². The highest BCUT2D eigenvalue weighted by atomic mass is 35.5. The molecule has 26 heavy (non-hydrogen) atoms. The molecule has 1 aliphatic heterocycles. The molecular weight excluding hydrogens is 389 g/mol. The van der Waals surface area contributed by atoms with Crippen LogP contribution in [0.15, 0.2) is 18.2 Å². The summed E-state index contributed by atoms with van der Waals surface area (Å²) >= 11 is 11.8. The SMILES string of the molecule is COC1OC(OCCOc2ccc(Cl)cc2Cl)C(NC(C)=O)C(O)C1O. The van der Waals surface area contributed by atoms with Gasteiger partial charge in [-0.3, -0.25) is 4.79 Å². The zero-order chi connectivity index (χ0) is 19.3. The minimum atomic E-state index is -1.33. The summed E-state index contributed by atoms with van der Waals surface area (Å²) in [5.41, 5.74) is 0. The van der Waals surface area contributed by atoms with Crippen LogP contribution in [0.4, 0.5) is 0 Å². The third-order valence-corrected chi connectivity index (χ3v) is 4.21. The van der Waals surface area contributed by atoms with E-state index < -0.39 is 36.7 Å². The maximum Gasteiger partial charge on any atom is 0.217 e. The quantitative estimate of drug-likeness (QED) is 0.575. The number of halogens is 2. The van der Waals surface area contributed by atoms with Crippen molar-refractivity contribution in [1.29, 1.82) is 0 Å². The molecule has 0 aliphatic carbocycles. The van der Waals surface area contributed by atoms with Gasteiger partial charge in [0, 0.05) is 19.1 Å². The lowest BCUT2D eigenvalue weighted by Gasteiger charge is -2.41. The van der Waals surface area contributed by atoms with Crippen molar-refractivity contribution in [3.63, 3.8) is 0 Å². The topological polar surface area (TPSA) is 106 Å². The molecule has 1 aromatic carbocycles. The van der Waals surface area contributed by atoms with Crippen LogP contribution in [0, 0.1) is 0 Å². The highest BCUT2D eigenvalue weighted by molar-refractivity contribution is 6.35. The first kappa shape index (κ1) is 21.2. The zero-order valence-electron chi connectivity index (χ0n) is 14.2. The summed E-state index contributed by atoms with van der Waals surface area (Å²) in [5.74, 6) is 0.0337. The first-order valence-corrected chi connectivity index (χ1v) is 8.60. The molecule has 1 fully saturated rings. The van der Waals surface area contributed by atoms with E-state index in [1.54, 1.807) is 18.2 Å². The normalized spacial score (nSPS) is 28.6. The largest absolute Gasteiger partial charge is 0.490 e. The average molecular weight is 410 g/mol. The first-order valence-electron chi connectivity index (χ1n) is 7.84. The molecule has 10 heteroatoms. The third kappa shape index (κ3) is 5.43. The number of amides is 1. The van der Waals surface area contributed by atoms with Gasteiger partial charge in [0.15, 0.2) is 12.6 Å².